The number of amides is 2. The molecule has 1 atom stereocenters. The van der Waals surface area contributed by atoms with Gasteiger partial charge in [-0.3, -0.25) is 9.59 Å². The fourth-order valence-corrected chi connectivity index (χ4v) is 2.68. The van der Waals surface area contributed by atoms with Crippen molar-refractivity contribution in [1.82, 2.24) is 5.32 Å². The molecule has 0 aliphatic carbocycles. The average molecular weight is 368 g/mol. The highest BCUT2D eigenvalue weighted by molar-refractivity contribution is 5.98. The van der Waals surface area contributed by atoms with E-state index in [0.717, 1.165) is 16.7 Å². The Balaban J connectivity index is 2.17. The summed E-state index contributed by atoms with van der Waals surface area (Å²) < 4.78 is 4.84. The third-order valence-corrected chi connectivity index (χ3v) is 4.25. The maximum Gasteiger partial charge on any atom is 0.328 e. The zero-order chi connectivity index (χ0) is 20.0. The van der Waals surface area contributed by atoms with Gasteiger partial charge in [0, 0.05) is 24.6 Å². The molecule has 0 aromatic heterocycles. The van der Waals surface area contributed by atoms with Gasteiger partial charge in [-0.25, -0.2) is 4.79 Å². The Morgan fingerprint density at radius 2 is 1.78 bits per heavy atom. The summed E-state index contributed by atoms with van der Waals surface area (Å²) in [6.45, 7) is 5.41. The van der Waals surface area contributed by atoms with Crippen LogP contribution in [-0.2, 0) is 20.7 Å². The number of aryl methyl sites for hydroxylation is 2. The van der Waals surface area contributed by atoms with Crippen LogP contribution in [0.1, 0.15) is 34.0 Å². The minimum absolute atomic E-state index is 0.227. The van der Waals surface area contributed by atoms with E-state index in [4.69, 9.17) is 4.74 Å². The molecule has 27 heavy (non-hydrogen) atoms. The van der Waals surface area contributed by atoms with Crippen molar-refractivity contribution >= 4 is 23.5 Å². The Labute approximate surface area is 158 Å². The quantitative estimate of drug-likeness (QED) is 0.768. The predicted octanol–water partition coefficient (Wildman–Crippen LogP) is 2.78. The van der Waals surface area contributed by atoms with Crippen molar-refractivity contribution in [3.8, 4) is 0 Å². The minimum atomic E-state index is -0.811. The van der Waals surface area contributed by atoms with E-state index in [1.807, 2.05) is 32.0 Å². The van der Waals surface area contributed by atoms with Crippen LogP contribution in [0.15, 0.2) is 42.5 Å². The third-order valence-electron chi connectivity index (χ3n) is 4.25. The van der Waals surface area contributed by atoms with Gasteiger partial charge < -0.3 is 15.4 Å². The number of methoxy groups -OCH3 is 1. The van der Waals surface area contributed by atoms with Crippen molar-refractivity contribution in [2.45, 2.75) is 33.2 Å². The lowest BCUT2D eigenvalue weighted by Gasteiger charge is -2.17. The summed E-state index contributed by atoms with van der Waals surface area (Å²) in [7, 11) is 1.29. The standard InChI is InChI=1S/C21H24N2O4/c1-13-8-9-16(10-14(13)2)11-19(21(26)27-4)23-20(25)17-6-5-7-18(12-17)22-15(3)24/h5-10,12,19H,11H2,1-4H3,(H,22,24)(H,23,25)/t19-/m0/s1. The predicted molar refractivity (Wildman–Crippen MR) is 104 cm³/mol. The van der Waals surface area contributed by atoms with Crippen LogP contribution in [0.4, 0.5) is 5.69 Å². The topological polar surface area (TPSA) is 84.5 Å². The molecule has 2 amide bonds. The summed E-state index contributed by atoms with van der Waals surface area (Å²) in [4.78, 5) is 35.9. The summed E-state index contributed by atoms with van der Waals surface area (Å²) in [6, 6.07) is 11.6. The fraction of sp³-hybridized carbons (Fsp3) is 0.286. The van der Waals surface area contributed by atoms with Crippen molar-refractivity contribution in [3.63, 3.8) is 0 Å². The average Bonchev–Trinajstić information content (AvgIpc) is 2.63. The molecule has 0 fully saturated rings. The van der Waals surface area contributed by atoms with E-state index >= 15 is 0 Å². The van der Waals surface area contributed by atoms with Gasteiger partial charge in [-0.2, -0.15) is 0 Å². The number of anilines is 1. The molecule has 0 aliphatic rings. The van der Waals surface area contributed by atoms with Crippen molar-refractivity contribution in [2.24, 2.45) is 0 Å². The molecule has 0 radical (unpaired) electrons. The van der Waals surface area contributed by atoms with Gasteiger partial charge in [0.05, 0.1) is 7.11 Å². The van der Waals surface area contributed by atoms with Crippen molar-refractivity contribution in [3.05, 3.63) is 64.7 Å². The lowest BCUT2D eigenvalue weighted by Crippen LogP contribution is -2.43. The lowest BCUT2D eigenvalue weighted by atomic mass is 10.0. The van der Waals surface area contributed by atoms with Crippen LogP contribution in [0.3, 0.4) is 0 Å². The maximum atomic E-state index is 12.6. The maximum absolute atomic E-state index is 12.6. The van der Waals surface area contributed by atoms with Crippen LogP contribution in [0, 0.1) is 13.8 Å². The van der Waals surface area contributed by atoms with Crippen LogP contribution >= 0.6 is 0 Å². The Kier molecular flexibility index (Phi) is 6.71. The van der Waals surface area contributed by atoms with E-state index in [0.29, 0.717) is 17.7 Å². The number of ether oxygens (including phenoxy) is 1. The summed E-state index contributed by atoms with van der Waals surface area (Å²) in [5, 5.41) is 5.35. The van der Waals surface area contributed by atoms with Crippen LogP contribution < -0.4 is 10.6 Å². The first-order valence-electron chi connectivity index (χ1n) is 8.62. The van der Waals surface area contributed by atoms with Gasteiger partial charge in [0.25, 0.3) is 5.91 Å². The Hall–Kier alpha value is -3.15. The molecule has 142 valence electrons. The first-order chi connectivity index (χ1) is 12.8. The van der Waals surface area contributed by atoms with E-state index < -0.39 is 17.9 Å². The monoisotopic (exact) mass is 368 g/mol. The van der Waals surface area contributed by atoms with Crippen molar-refractivity contribution < 1.29 is 19.1 Å². The van der Waals surface area contributed by atoms with E-state index in [-0.39, 0.29) is 5.91 Å². The second-order valence-electron chi connectivity index (χ2n) is 6.43. The largest absolute Gasteiger partial charge is 0.467 e. The van der Waals surface area contributed by atoms with Crippen LogP contribution in [-0.4, -0.2) is 30.9 Å². The number of hydrogen-bond donors (Lipinski definition) is 2. The molecule has 2 aromatic carbocycles. The van der Waals surface area contributed by atoms with E-state index in [2.05, 4.69) is 10.6 Å². The Morgan fingerprint density at radius 3 is 2.41 bits per heavy atom. The van der Waals surface area contributed by atoms with Crippen LogP contribution in [0.2, 0.25) is 0 Å². The van der Waals surface area contributed by atoms with E-state index in [9.17, 15) is 14.4 Å². The second-order valence-corrected chi connectivity index (χ2v) is 6.43. The highest BCUT2D eigenvalue weighted by Crippen LogP contribution is 2.14. The molecule has 0 aliphatic heterocycles. The molecule has 2 N–H and O–H groups in total. The summed E-state index contributed by atoms with van der Waals surface area (Å²) >= 11 is 0. The van der Waals surface area contributed by atoms with Crippen molar-refractivity contribution in [2.75, 3.05) is 12.4 Å². The summed E-state index contributed by atoms with van der Waals surface area (Å²) in [6.07, 6.45) is 0.324. The van der Waals surface area contributed by atoms with E-state index in [1.165, 1.54) is 14.0 Å². The highest BCUT2D eigenvalue weighted by Gasteiger charge is 2.23. The fourth-order valence-electron chi connectivity index (χ4n) is 2.68. The molecule has 2 rings (SSSR count). The van der Waals surface area contributed by atoms with Crippen LogP contribution in [0.5, 0.6) is 0 Å². The normalized spacial score (nSPS) is 11.4. The number of carbonyl (C=O) groups is 3. The molecule has 0 bridgehead atoms. The first kappa shape index (κ1) is 20.2. The van der Waals surface area contributed by atoms with Crippen molar-refractivity contribution in [1.29, 1.82) is 0 Å². The molecular weight excluding hydrogens is 344 g/mol. The molecule has 0 unspecified atom stereocenters. The van der Waals surface area contributed by atoms with Gasteiger partial charge in [0.2, 0.25) is 5.91 Å². The lowest BCUT2D eigenvalue weighted by molar-refractivity contribution is -0.142. The number of hydrogen-bond acceptors (Lipinski definition) is 4. The van der Waals surface area contributed by atoms with Gasteiger partial charge in [-0.1, -0.05) is 24.3 Å². The SMILES string of the molecule is COC(=O)[C@H](Cc1ccc(C)c(C)c1)NC(=O)c1cccc(NC(C)=O)c1. The molecule has 0 saturated carbocycles. The number of esters is 1. The first-order valence-corrected chi connectivity index (χ1v) is 8.62. The zero-order valence-electron chi connectivity index (χ0n) is 16.0. The number of rotatable bonds is 6. The molecule has 0 saturated heterocycles. The molecule has 2 aromatic rings. The number of benzene rings is 2. The van der Waals surface area contributed by atoms with Gasteiger partial charge >= 0.3 is 5.97 Å². The third kappa shape index (κ3) is 5.67. The van der Waals surface area contributed by atoms with Crippen LogP contribution in [0.25, 0.3) is 0 Å². The van der Waals surface area contributed by atoms with Gasteiger partial charge in [0.1, 0.15) is 6.04 Å². The Morgan fingerprint density at radius 1 is 1.04 bits per heavy atom. The number of nitrogens with one attached hydrogen (secondary N) is 2. The Bertz CT molecular complexity index is 861. The smallest absolute Gasteiger partial charge is 0.328 e. The second kappa shape index (κ2) is 8.98. The molecule has 0 heterocycles. The summed E-state index contributed by atoms with van der Waals surface area (Å²) in [5.74, 6) is -1.16. The summed E-state index contributed by atoms with van der Waals surface area (Å²) in [5.41, 5.74) is 4.06. The van der Waals surface area contributed by atoms with Gasteiger partial charge in [0.15, 0.2) is 0 Å². The molecular formula is C21H24N2O4. The molecule has 6 heteroatoms. The highest BCUT2D eigenvalue weighted by atomic mass is 16.5. The van der Waals surface area contributed by atoms with E-state index in [1.54, 1.807) is 24.3 Å². The molecule has 0 spiro atoms. The number of carbonyl (C=O) groups excluding carboxylic acids is 3. The van der Waals surface area contributed by atoms with Gasteiger partial charge in [-0.05, 0) is 48.7 Å². The van der Waals surface area contributed by atoms with Gasteiger partial charge in [-0.15, -0.1) is 0 Å². The minimum Gasteiger partial charge on any atom is -0.467 e. The zero-order valence-corrected chi connectivity index (χ0v) is 16.0. The molecule has 6 nitrogen and oxygen atoms in total.